The molecule has 2 N–H and O–H groups in total. The second kappa shape index (κ2) is 5.47. The molecular formula is C13H17N3. The maximum Gasteiger partial charge on any atom is 0.0952 e. The zero-order valence-electron chi connectivity index (χ0n) is 9.34. The summed E-state index contributed by atoms with van der Waals surface area (Å²) < 4.78 is 2.11. The lowest BCUT2D eigenvalue weighted by Gasteiger charge is -2.01. The second-order valence-electron chi connectivity index (χ2n) is 3.92. The fourth-order valence-corrected chi connectivity index (χ4v) is 1.70. The summed E-state index contributed by atoms with van der Waals surface area (Å²) in [6.07, 6.45) is 5.96. The normalized spacial score (nSPS) is 10.6. The number of rotatable bonds is 5. The van der Waals surface area contributed by atoms with Crippen LogP contribution in [0.5, 0.6) is 0 Å². The largest absolute Gasteiger partial charge is 0.333 e. The lowest BCUT2D eigenvalue weighted by molar-refractivity contribution is 0.790. The first-order valence-electron chi connectivity index (χ1n) is 5.63. The molecular weight excluding hydrogens is 198 g/mol. The van der Waals surface area contributed by atoms with Gasteiger partial charge >= 0.3 is 0 Å². The van der Waals surface area contributed by atoms with Crippen molar-refractivity contribution in [2.24, 2.45) is 5.73 Å². The van der Waals surface area contributed by atoms with E-state index in [-0.39, 0.29) is 0 Å². The van der Waals surface area contributed by atoms with Gasteiger partial charge in [0.15, 0.2) is 0 Å². The fourth-order valence-electron chi connectivity index (χ4n) is 1.70. The number of benzene rings is 1. The Bertz CT molecular complexity index is 420. The quantitative estimate of drug-likeness (QED) is 0.826. The Labute approximate surface area is 95.9 Å². The minimum Gasteiger partial charge on any atom is -0.333 e. The molecule has 2 aromatic rings. The summed E-state index contributed by atoms with van der Waals surface area (Å²) >= 11 is 0. The van der Waals surface area contributed by atoms with Crippen molar-refractivity contribution in [3.05, 3.63) is 54.1 Å². The van der Waals surface area contributed by atoms with Crippen LogP contribution in [0.3, 0.4) is 0 Å². The van der Waals surface area contributed by atoms with Gasteiger partial charge in [0.25, 0.3) is 0 Å². The van der Waals surface area contributed by atoms with Crippen molar-refractivity contribution in [2.45, 2.75) is 19.4 Å². The number of aryl methyl sites for hydroxylation is 1. The summed E-state index contributed by atoms with van der Waals surface area (Å²) in [6.45, 7) is 1.61. The van der Waals surface area contributed by atoms with Crippen LogP contribution in [0, 0.1) is 0 Å². The number of aromatic nitrogens is 2. The SMILES string of the molecule is NCCCc1cn(Cc2ccccc2)cn1. The van der Waals surface area contributed by atoms with E-state index in [2.05, 4.69) is 40.0 Å². The smallest absolute Gasteiger partial charge is 0.0952 e. The van der Waals surface area contributed by atoms with Gasteiger partial charge in [0.1, 0.15) is 0 Å². The summed E-state index contributed by atoms with van der Waals surface area (Å²) in [7, 11) is 0. The average Bonchev–Trinajstić information content (AvgIpc) is 2.75. The topological polar surface area (TPSA) is 43.8 Å². The van der Waals surface area contributed by atoms with Gasteiger partial charge in [0.2, 0.25) is 0 Å². The number of nitrogens with zero attached hydrogens (tertiary/aromatic N) is 2. The highest BCUT2D eigenvalue weighted by molar-refractivity contribution is 5.15. The van der Waals surface area contributed by atoms with Crippen LogP contribution >= 0.6 is 0 Å². The lowest BCUT2D eigenvalue weighted by atomic mass is 10.2. The van der Waals surface area contributed by atoms with Gasteiger partial charge in [0.05, 0.1) is 12.0 Å². The van der Waals surface area contributed by atoms with Crippen molar-refractivity contribution in [1.82, 2.24) is 9.55 Å². The molecule has 0 atom stereocenters. The number of nitrogens with two attached hydrogens (primary N) is 1. The molecule has 2 rings (SSSR count). The molecule has 0 saturated carbocycles. The molecule has 0 unspecified atom stereocenters. The molecule has 0 spiro atoms. The number of imidazole rings is 1. The first kappa shape index (κ1) is 10.9. The van der Waals surface area contributed by atoms with E-state index in [4.69, 9.17) is 5.73 Å². The molecule has 0 saturated heterocycles. The van der Waals surface area contributed by atoms with Crippen LogP contribution in [0.15, 0.2) is 42.9 Å². The third-order valence-electron chi connectivity index (χ3n) is 2.53. The average molecular weight is 215 g/mol. The molecule has 0 aliphatic rings. The van der Waals surface area contributed by atoms with Crippen LogP contribution in [0.4, 0.5) is 0 Å². The summed E-state index contributed by atoms with van der Waals surface area (Å²) in [5, 5.41) is 0. The Morgan fingerprint density at radius 3 is 2.75 bits per heavy atom. The standard InChI is InChI=1S/C13H17N3/c14-8-4-7-13-10-16(11-15-13)9-12-5-2-1-3-6-12/h1-3,5-6,10-11H,4,7-9,14H2. The maximum atomic E-state index is 5.47. The van der Waals surface area contributed by atoms with Crippen LogP contribution in [-0.4, -0.2) is 16.1 Å². The highest BCUT2D eigenvalue weighted by atomic mass is 15.0. The van der Waals surface area contributed by atoms with E-state index < -0.39 is 0 Å². The minimum absolute atomic E-state index is 0.728. The van der Waals surface area contributed by atoms with Crippen LogP contribution in [-0.2, 0) is 13.0 Å². The zero-order valence-corrected chi connectivity index (χ0v) is 9.34. The molecule has 3 nitrogen and oxygen atoms in total. The summed E-state index contributed by atoms with van der Waals surface area (Å²) in [4.78, 5) is 4.36. The van der Waals surface area contributed by atoms with Crippen molar-refractivity contribution in [3.63, 3.8) is 0 Å². The van der Waals surface area contributed by atoms with Crippen LogP contribution in [0.2, 0.25) is 0 Å². The monoisotopic (exact) mass is 215 g/mol. The molecule has 0 amide bonds. The summed E-state index contributed by atoms with van der Waals surface area (Å²) in [5.74, 6) is 0. The number of hydrogen-bond donors (Lipinski definition) is 1. The molecule has 0 fully saturated rings. The van der Waals surface area contributed by atoms with Gasteiger partial charge < -0.3 is 10.3 Å². The van der Waals surface area contributed by atoms with E-state index >= 15 is 0 Å². The van der Waals surface area contributed by atoms with Gasteiger partial charge in [-0.1, -0.05) is 30.3 Å². The summed E-state index contributed by atoms with van der Waals surface area (Å²) in [5.41, 5.74) is 7.89. The van der Waals surface area contributed by atoms with Crippen molar-refractivity contribution in [1.29, 1.82) is 0 Å². The minimum atomic E-state index is 0.728. The Balaban J connectivity index is 1.97. The van der Waals surface area contributed by atoms with Crippen molar-refractivity contribution in [2.75, 3.05) is 6.54 Å². The lowest BCUT2D eigenvalue weighted by Crippen LogP contribution is -2.00. The Morgan fingerprint density at radius 1 is 1.19 bits per heavy atom. The van der Waals surface area contributed by atoms with Crippen molar-refractivity contribution < 1.29 is 0 Å². The molecule has 16 heavy (non-hydrogen) atoms. The second-order valence-corrected chi connectivity index (χ2v) is 3.92. The third kappa shape index (κ3) is 2.94. The zero-order chi connectivity index (χ0) is 11.2. The van der Waals surface area contributed by atoms with Crippen molar-refractivity contribution >= 4 is 0 Å². The van der Waals surface area contributed by atoms with E-state index in [1.807, 2.05) is 12.4 Å². The maximum absolute atomic E-state index is 5.47. The van der Waals surface area contributed by atoms with Gasteiger partial charge in [-0.3, -0.25) is 0 Å². The van der Waals surface area contributed by atoms with E-state index in [0.29, 0.717) is 0 Å². The number of hydrogen-bond acceptors (Lipinski definition) is 2. The Morgan fingerprint density at radius 2 is 2.00 bits per heavy atom. The highest BCUT2D eigenvalue weighted by Crippen LogP contribution is 2.05. The first-order chi connectivity index (χ1) is 7.88. The molecule has 0 bridgehead atoms. The predicted octanol–water partition coefficient (Wildman–Crippen LogP) is 1.82. The molecule has 84 valence electrons. The van der Waals surface area contributed by atoms with E-state index in [9.17, 15) is 0 Å². The Kier molecular flexibility index (Phi) is 3.72. The van der Waals surface area contributed by atoms with Gasteiger partial charge in [-0.25, -0.2) is 4.98 Å². The van der Waals surface area contributed by atoms with Crippen molar-refractivity contribution in [3.8, 4) is 0 Å². The predicted molar refractivity (Wildman–Crippen MR) is 65.1 cm³/mol. The highest BCUT2D eigenvalue weighted by Gasteiger charge is 1.99. The Hall–Kier alpha value is -1.61. The molecule has 1 aromatic carbocycles. The molecule has 0 aliphatic heterocycles. The van der Waals surface area contributed by atoms with Crippen LogP contribution < -0.4 is 5.73 Å². The molecule has 3 heteroatoms. The molecule has 1 aromatic heterocycles. The van der Waals surface area contributed by atoms with Gasteiger partial charge in [-0.15, -0.1) is 0 Å². The molecule has 1 heterocycles. The van der Waals surface area contributed by atoms with E-state index in [1.54, 1.807) is 0 Å². The van der Waals surface area contributed by atoms with Gasteiger partial charge in [-0.05, 0) is 24.9 Å². The van der Waals surface area contributed by atoms with Gasteiger partial charge in [-0.2, -0.15) is 0 Å². The van der Waals surface area contributed by atoms with Crippen LogP contribution in [0.25, 0.3) is 0 Å². The molecule has 0 radical (unpaired) electrons. The first-order valence-corrected chi connectivity index (χ1v) is 5.63. The third-order valence-corrected chi connectivity index (χ3v) is 2.53. The summed E-state index contributed by atoms with van der Waals surface area (Å²) in [6, 6.07) is 10.4. The van der Waals surface area contributed by atoms with Gasteiger partial charge in [0, 0.05) is 12.7 Å². The molecule has 0 aliphatic carbocycles. The van der Waals surface area contributed by atoms with E-state index in [0.717, 1.165) is 31.6 Å². The van der Waals surface area contributed by atoms with Crippen LogP contribution in [0.1, 0.15) is 17.7 Å². The van der Waals surface area contributed by atoms with E-state index in [1.165, 1.54) is 5.56 Å². The fraction of sp³-hybridized carbons (Fsp3) is 0.308.